The molecule has 0 aliphatic heterocycles. The van der Waals surface area contributed by atoms with E-state index in [2.05, 4.69) is 20.0 Å². The molecule has 0 aliphatic rings. The van der Waals surface area contributed by atoms with Gasteiger partial charge in [-0.3, -0.25) is 9.10 Å². The fourth-order valence-corrected chi connectivity index (χ4v) is 5.21. The number of carbonyl (C=O) groups is 1. The number of anilines is 3. The van der Waals surface area contributed by atoms with Crippen molar-refractivity contribution in [3.8, 4) is 0 Å². The first-order valence-corrected chi connectivity index (χ1v) is 13.6. The molecule has 4 rings (SSSR count). The maximum atomic E-state index is 12.7. The molecule has 3 aromatic carbocycles. The van der Waals surface area contributed by atoms with Crippen LogP contribution in [0.5, 0.6) is 0 Å². The summed E-state index contributed by atoms with van der Waals surface area (Å²) in [7, 11) is -7.71. The number of nitrogens with one attached hydrogen (secondary N) is 2. The van der Waals surface area contributed by atoms with E-state index in [0.717, 1.165) is 15.9 Å². The summed E-state index contributed by atoms with van der Waals surface area (Å²) in [5.41, 5.74) is 0.688. The SMILES string of the molecule is CS(=O)(=O)N(CC(=O)Nc1ccc(S(=O)(=O)Nc2ncccn2)cc1)c1cccc2ccccc12. The highest BCUT2D eigenvalue weighted by atomic mass is 32.2. The Balaban J connectivity index is 1.51. The van der Waals surface area contributed by atoms with Crippen LogP contribution >= 0.6 is 0 Å². The average molecular weight is 512 g/mol. The molecule has 1 amide bonds. The normalized spacial score (nSPS) is 11.7. The predicted octanol–water partition coefficient (Wildman–Crippen LogP) is 2.84. The first-order chi connectivity index (χ1) is 16.6. The lowest BCUT2D eigenvalue weighted by molar-refractivity contribution is -0.114. The molecule has 10 nitrogen and oxygen atoms in total. The van der Waals surface area contributed by atoms with Gasteiger partial charge in [-0.1, -0.05) is 36.4 Å². The second-order valence-electron chi connectivity index (χ2n) is 7.52. The molecule has 0 bridgehead atoms. The van der Waals surface area contributed by atoms with Crippen molar-refractivity contribution >= 4 is 54.0 Å². The fourth-order valence-electron chi connectivity index (χ4n) is 3.39. The number of aromatic nitrogens is 2. The maximum absolute atomic E-state index is 12.7. The quantitative estimate of drug-likeness (QED) is 0.371. The van der Waals surface area contributed by atoms with Gasteiger partial charge < -0.3 is 5.32 Å². The predicted molar refractivity (Wildman–Crippen MR) is 134 cm³/mol. The van der Waals surface area contributed by atoms with Crippen LogP contribution in [0, 0.1) is 0 Å². The van der Waals surface area contributed by atoms with Crippen LogP contribution in [-0.4, -0.2) is 45.5 Å². The number of carbonyl (C=O) groups excluding carboxylic acids is 1. The molecule has 12 heteroatoms. The Labute approximate surface area is 202 Å². The topological polar surface area (TPSA) is 138 Å². The second kappa shape index (κ2) is 9.68. The summed E-state index contributed by atoms with van der Waals surface area (Å²) in [6.45, 7) is -0.459. The Morgan fingerprint density at radius 3 is 2.20 bits per heavy atom. The first-order valence-electron chi connectivity index (χ1n) is 10.3. The third kappa shape index (κ3) is 5.73. The Hall–Kier alpha value is -4.03. The first kappa shape index (κ1) is 24.1. The standard InChI is InChI=1S/C23H21N5O5S2/c1-34(30,31)28(21-9-4-7-17-6-2-3-8-20(17)21)16-22(29)26-18-10-12-19(13-11-18)35(32,33)27-23-24-14-5-15-25-23/h2-15H,16H2,1H3,(H,26,29)(H,24,25,27). The van der Waals surface area contributed by atoms with E-state index in [9.17, 15) is 21.6 Å². The van der Waals surface area contributed by atoms with Crippen LogP contribution in [0.3, 0.4) is 0 Å². The van der Waals surface area contributed by atoms with Gasteiger partial charge in [0.1, 0.15) is 6.54 Å². The highest BCUT2D eigenvalue weighted by molar-refractivity contribution is 7.92. The smallest absolute Gasteiger partial charge is 0.264 e. The van der Waals surface area contributed by atoms with Crippen molar-refractivity contribution in [2.75, 3.05) is 27.1 Å². The average Bonchev–Trinajstić information content (AvgIpc) is 2.82. The maximum Gasteiger partial charge on any atom is 0.264 e. The number of hydrogen-bond acceptors (Lipinski definition) is 7. The van der Waals surface area contributed by atoms with Gasteiger partial charge >= 0.3 is 0 Å². The molecule has 0 fully saturated rings. The van der Waals surface area contributed by atoms with Gasteiger partial charge in [0.15, 0.2) is 0 Å². The molecule has 1 aromatic heterocycles. The lowest BCUT2D eigenvalue weighted by Gasteiger charge is -2.23. The molecule has 0 saturated carbocycles. The largest absolute Gasteiger partial charge is 0.325 e. The van der Waals surface area contributed by atoms with Gasteiger partial charge in [-0.05, 0) is 41.8 Å². The zero-order chi connectivity index (χ0) is 25.1. The highest BCUT2D eigenvalue weighted by Gasteiger charge is 2.23. The van der Waals surface area contributed by atoms with Crippen molar-refractivity contribution in [2.45, 2.75) is 4.90 Å². The molecule has 0 unspecified atom stereocenters. The molecule has 180 valence electrons. The van der Waals surface area contributed by atoms with E-state index >= 15 is 0 Å². The van der Waals surface area contributed by atoms with Crippen molar-refractivity contribution in [3.05, 3.63) is 85.2 Å². The van der Waals surface area contributed by atoms with Gasteiger partial charge in [0.25, 0.3) is 10.0 Å². The van der Waals surface area contributed by atoms with Crippen LogP contribution in [0.1, 0.15) is 0 Å². The molecule has 0 atom stereocenters. The van der Waals surface area contributed by atoms with Crippen molar-refractivity contribution in [1.29, 1.82) is 0 Å². The Morgan fingerprint density at radius 2 is 1.51 bits per heavy atom. The minimum atomic E-state index is -3.93. The summed E-state index contributed by atoms with van der Waals surface area (Å²) in [5.74, 6) is -0.658. The molecule has 0 spiro atoms. The number of hydrogen-bond donors (Lipinski definition) is 2. The van der Waals surface area contributed by atoms with Crippen LogP contribution in [0.25, 0.3) is 10.8 Å². The van der Waals surface area contributed by atoms with Gasteiger partial charge in [-0.15, -0.1) is 0 Å². The van der Waals surface area contributed by atoms with Gasteiger partial charge in [0, 0.05) is 23.5 Å². The zero-order valence-corrected chi connectivity index (χ0v) is 20.1. The highest BCUT2D eigenvalue weighted by Crippen LogP contribution is 2.28. The Morgan fingerprint density at radius 1 is 0.857 bits per heavy atom. The summed E-state index contributed by atoms with van der Waals surface area (Å²) < 4.78 is 53.4. The third-order valence-corrected chi connectivity index (χ3v) is 7.43. The number of benzene rings is 3. The molecule has 2 N–H and O–H groups in total. The lowest BCUT2D eigenvalue weighted by Crippen LogP contribution is -2.37. The van der Waals surface area contributed by atoms with E-state index < -0.39 is 32.5 Å². The molecular formula is C23H21N5O5S2. The third-order valence-electron chi connectivity index (χ3n) is 4.96. The van der Waals surface area contributed by atoms with Crippen LogP contribution in [0.15, 0.2) is 90.1 Å². The number of rotatable bonds is 8. The molecule has 0 radical (unpaired) electrons. The van der Waals surface area contributed by atoms with E-state index in [4.69, 9.17) is 0 Å². The Bertz CT molecular complexity index is 1570. The number of sulfonamides is 2. The minimum Gasteiger partial charge on any atom is -0.325 e. The van der Waals surface area contributed by atoms with Crippen molar-refractivity contribution < 1.29 is 21.6 Å². The van der Waals surface area contributed by atoms with E-state index in [-0.39, 0.29) is 10.8 Å². The van der Waals surface area contributed by atoms with Gasteiger partial charge in [0.05, 0.1) is 16.8 Å². The second-order valence-corrected chi connectivity index (χ2v) is 11.1. The summed E-state index contributed by atoms with van der Waals surface area (Å²) in [6, 6.07) is 19.5. The summed E-state index contributed by atoms with van der Waals surface area (Å²) in [5, 5.41) is 4.14. The zero-order valence-electron chi connectivity index (χ0n) is 18.5. The lowest BCUT2D eigenvalue weighted by atomic mass is 10.1. The Kier molecular flexibility index (Phi) is 6.67. The molecule has 0 aliphatic carbocycles. The number of nitrogens with zero attached hydrogens (tertiary/aromatic N) is 3. The summed E-state index contributed by atoms with van der Waals surface area (Å²) in [6.07, 6.45) is 3.84. The minimum absolute atomic E-state index is 0.0588. The van der Waals surface area contributed by atoms with Crippen LogP contribution < -0.4 is 14.3 Å². The van der Waals surface area contributed by atoms with E-state index in [1.165, 1.54) is 36.7 Å². The van der Waals surface area contributed by atoms with Gasteiger partial charge in [0.2, 0.25) is 21.9 Å². The summed E-state index contributed by atoms with van der Waals surface area (Å²) in [4.78, 5) is 20.3. The van der Waals surface area contributed by atoms with Crippen LogP contribution in [0.2, 0.25) is 0 Å². The van der Waals surface area contributed by atoms with Crippen LogP contribution in [0.4, 0.5) is 17.3 Å². The van der Waals surface area contributed by atoms with E-state index in [1.54, 1.807) is 30.3 Å². The number of fused-ring (bicyclic) bond motifs is 1. The molecule has 1 heterocycles. The molecule has 0 saturated heterocycles. The van der Waals surface area contributed by atoms with Gasteiger partial charge in [-0.25, -0.2) is 31.5 Å². The fraction of sp³-hybridized carbons (Fsp3) is 0.0870. The van der Waals surface area contributed by atoms with Crippen molar-refractivity contribution in [1.82, 2.24) is 9.97 Å². The summed E-state index contributed by atoms with van der Waals surface area (Å²) >= 11 is 0. The molecule has 35 heavy (non-hydrogen) atoms. The van der Waals surface area contributed by atoms with E-state index in [0.29, 0.717) is 16.8 Å². The van der Waals surface area contributed by atoms with Gasteiger partial charge in [-0.2, -0.15) is 0 Å². The van der Waals surface area contributed by atoms with Crippen LogP contribution in [-0.2, 0) is 24.8 Å². The molecule has 4 aromatic rings. The van der Waals surface area contributed by atoms with E-state index in [1.807, 2.05) is 18.2 Å². The molecular weight excluding hydrogens is 490 g/mol. The van der Waals surface area contributed by atoms with Crippen molar-refractivity contribution in [2.24, 2.45) is 0 Å². The monoisotopic (exact) mass is 511 g/mol. The van der Waals surface area contributed by atoms with Crippen molar-refractivity contribution in [3.63, 3.8) is 0 Å². The number of amides is 1.